The van der Waals surface area contributed by atoms with Gasteiger partial charge < -0.3 is 15.0 Å². The quantitative estimate of drug-likeness (QED) is 0.679. The first kappa shape index (κ1) is 16.5. The van der Waals surface area contributed by atoms with Crippen LogP contribution in [0.1, 0.15) is 5.69 Å². The molecule has 0 aliphatic heterocycles. The van der Waals surface area contributed by atoms with Crippen molar-refractivity contribution in [2.45, 2.75) is 12.1 Å². The standard InChI is InChI=1S/C15H15N5O2S2/c1-9-7-23-14(16-9)17-12(22)8-24-15-19-18-13(20(15)2)10-3-5-11(21)6-4-10/h3-7,21H,8H2,1-2H3,(H,16,17,22). The largest absolute Gasteiger partial charge is 0.508 e. The van der Waals surface area contributed by atoms with Gasteiger partial charge in [0.05, 0.1) is 11.4 Å². The van der Waals surface area contributed by atoms with Crippen LogP contribution in [-0.4, -0.2) is 36.5 Å². The van der Waals surface area contributed by atoms with E-state index >= 15 is 0 Å². The molecule has 0 unspecified atom stereocenters. The molecule has 2 aromatic heterocycles. The summed E-state index contributed by atoms with van der Waals surface area (Å²) in [6, 6.07) is 6.73. The lowest BCUT2D eigenvalue weighted by Crippen LogP contribution is -2.14. The van der Waals surface area contributed by atoms with Gasteiger partial charge in [-0.2, -0.15) is 0 Å². The van der Waals surface area contributed by atoms with Crippen LogP contribution in [0.3, 0.4) is 0 Å². The Morgan fingerprint density at radius 3 is 2.75 bits per heavy atom. The lowest BCUT2D eigenvalue weighted by atomic mass is 10.2. The van der Waals surface area contributed by atoms with Crippen molar-refractivity contribution in [2.75, 3.05) is 11.1 Å². The van der Waals surface area contributed by atoms with Gasteiger partial charge in [-0.1, -0.05) is 11.8 Å². The van der Waals surface area contributed by atoms with Gasteiger partial charge in [-0.05, 0) is 31.2 Å². The van der Waals surface area contributed by atoms with E-state index < -0.39 is 0 Å². The van der Waals surface area contributed by atoms with Crippen LogP contribution in [0.25, 0.3) is 11.4 Å². The van der Waals surface area contributed by atoms with Crippen molar-refractivity contribution in [3.05, 3.63) is 35.3 Å². The second-order valence-corrected chi connectivity index (χ2v) is 6.84. The number of benzene rings is 1. The maximum Gasteiger partial charge on any atom is 0.236 e. The second kappa shape index (κ2) is 7.02. The number of thioether (sulfide) groups is 1. The minimum absolute atomic E-state index is 0.136. The average molecular weight is 361 g/mol. The van der Waals surface area contributed by atoms with Gasteiger partial charge in [-0.3, -0.25) is 4.79 Å². The van der Waals surface area contributed by atoms with Gasteiger partial charge in [-0.15, -0.1) is 21.5 Å². The molecule has 0 aliphatic rings. The van der Waals surface area contributed by atoms with Crippen LogP contribution in [0.15, 0.2) is 34.8 Å². The van der Waals surface area contributed by atoms with Gasteiger partial charge >= 0.3 is 0 Å². The van der Waals surface area contributed by atoms with Crippen molar-refractivity contribution >= 4 is 34.1 Å². The highest BCUT2D eigenvalue weighted by atomic mass is 32.2. The van der Waals surface area contributed by atoms with Crippen LogP contribution >= 0.6 is 23.1 Å². The Kier molecular flexibility index (Phi) is 4.81. The summed E-state index contributed by atoms with van der Waals surface area (Å²) in [6.45, 7) is 1.88. The molecule has 0 fully saturated rings. The molecule has 0 bridgehead atoms. The van der Waals surface area contributed by atoms with Crippen molar-refractivity contribution in [1.29, 1.82) is 0 Å². The van der Waals surface area contributed by atoms with Gasteiger partial charge in [0.25, 0.3) is 0 Å². The summed E-state index contributed by atoms with van der Waals surface area (Å²) in [7, 11) is 1.84. The molecular weight excluding hydrogens is 346 g/mol. The molecule has 1 aromatic carbocycles. The number of thiazole rings is 1. The zero-order valence-electron chi connectivity index (χ0n) is 13.1. The van der Waals surface area contributed by atoms with E-state index in [0.29, 0.717) is 16.1 Å². The predicted octanol–water partition coefficient (Wildman–Crippen LogP) is 2.68. The van der Waals surface area contributed by atoms with Gasteiger partial charge in [0.2, 0.25) is 5.91 Å². The minimum Gasteiger partial charge on any atom is -0.508 e. The molecule has 2 N–H and O–H groups in total. The molecule has 0 saturated heterocycles. The number of hydrogen-bond acceptors (Lipinski definition) is 7. The zero-order chi connectivity index (χ0) is 17.1. The summed E-state index contributed by atoms with van der Waals surface area (Å²) in [5.41, 5.74) is 1.73. The lowest BCUT2D eigenvalue weighted by Gasteiger charge is -2.04. The number of nitrogens with zero attached hydrogens (tertiary/aromatic N) is 4. The Bertz CT molecular complexity index is 857. The number of anilines is 1. The number of nitrogens with one attached hydrogen (secondary N) is 1. The molecule has 124 valence electrons. The number of amides is 1. The molecule has 0 spiro atoms. The first-order chi connectivity index (χ1) is 11.5. The Hall–Kier alpha value is -2.39. The number of phenols is 1. The van der Waals surface area contributed by atoms with Crippen molar-refractivity contribution in [1.82, 2.24) is 19.7 Å². The fourth-order valence-corrected chi connectivity index (χ4v) is 3.41. The fourth-order valence-electron chi connectivity index (χ4n) is 2.00. The van der Waals surface area contributed by atoms with E-state index in [-0.39, 0.29) is 17.4 Å². The van der Waals surface area contributed by atoms with Gasteiger partial charge in [0.15, 0.2) is 16.1 Å². The van der Waals surface area contributed by atoms with E-state index in [2.05, 4.69) is 20.5 Å². The Morgan fingerprint density at radius 2 is 2.08 bits per heavy atom. The molecule has 3 aromatic rings. The third-order valence-electron chi connectivity index (χ3n) is 3.16. The van der Waals surface area contributed by atoms with E-state index in [1.54, 1.807) is 24.3 Å². The molecule has 0 aliphatic carbocycles. The molecule has 9 heteroatoms. The third-order valence-corrected chi connectivity index (χ3v) is 5.05. The van der Waals surface area contributed by atoms with Crippen LogP contribution in [0, 0.1) is 6.92 Å². The molecule has 3 rings (SSSR count). The Morgan fingerprint density at radius 1 is 1.33 bits per heavy atom. The first-order valence-electron chi connectivity index (χ1n) is 7.06. The average Bonchev–Trinajstić information content (AvgIpc) is 3.12. The highest BCUT2D eigenvalue weighted by molar-refractivity contribution is 7.99. The number of carbonyl (C=O) groups excluding carboxylic acids is 1. The van der Waals surface area contributed by atoms with Crippen LogP contribution < -0.4 is 5.32 Å². The number of aryl methyl sites for hydroxylation is 1. The number of aromatic hydroxyl groups is 1. The summed E-state index contributed by atoms with van der Waals surface area (Å²) < 4.78 is 1.82. The number of rotatable bonds is 5. The fraction of sp³-hybridized carbons (Fsp3) is 0.200. The predicted molar refractivity (Wildman–Crippen MR) is 94.3 cm³/mol. The smallest absolute Gasteiger partial charge is 0.236 e. The maximum absolute atomic E-state index is 12.0. The SMILES string of the molecule is Cc1csc(NC(=O)CSc2nnc(-c3ccc(O)cc3)n2C)n1. The summed E-state index contributed by atoms with van der Waals surface area (Å²) in [4.78, 5) is 16.2. The molecule has 0 atom stereocenters. The molecule has 1 amide bonds. The Labute approximate surface area is 146 Å². The van der Waals surface area contributed by atoms with Crippen LogP contribution in [-0.2, 0) is 11.8 Å². The first-order valence-corrected chi connectivity index (χ1v) is 8.93. The number of aromatic nitrogens is 4. The van der Waals surface area contributed by atoms with E-state index in [1.165, 1.54) is 23.1 Å². The molecule has 7 nitrogen and oxygen atoms in total. The van der Waals surface area contributed by atoms with E-state index in [9.17, 15) is 9.90 Å². The summed E-state index contributed by atoms with van der Waals surface area (Å²) in [6.07, 6.45) is 0. The van der Waals surface area contributed by atoms with E-state index in [0.717, 1.165) is 11.3 Å². The molecule has 0 saturated carbocycles. The van der Waals surface area contributed by atoms with Gasteiger partial charge in [0.1, 0.15) is 5.75 Å². The van der Waals surface area contributed by atoms with Gasteiger partial charge in [-0.25, -0.2) is 4.98 Å². The van der Waals surface area contributed by atoms with Crippen LogP contribution in [0.4, 0.5) is 5.13 Å². The highest BCUT2D eigenvalue weighted by Crippen LogP contribution is 2.24. The summed E-state index contributed by atoms with van der Waals surface area (Å²) in [5, 5.41) is 23.5. The number of carbonyl (C=O) groups is 1. The molecule has 2 heterocycles. The Balaban J connectivity index is 1.63. The molecular formula is C15H15N5O2S2. The van der Waals surface area contributed by atoms with Crippen molar-refractivity contribution < 1.29 is 9.90 Å². The maximum atomic E-state index is 12.0. The topological polar surface area (TPSA) is 92.9 Å². The lowest BCUT2D eigenvalue weighted by molar-refractivity contribution is -0.113. The molecule has 0 radical (unpaired) electrons. The van der Waals surface area contributed by atoms with Crippen molar-refractivity contribution in [2.24, 2.45) is 7.05 Å². The summed E-state index contributed by atoms with van der Waals surface area (Å²) in [5.74, 6) is 0.960. The summed E-state index contributed by atoms with van der Waals surface area (Å²) >= 11 is 2.70. The third kappa shape index (κ3) is 3.74. The molecule has 24 heavy (non-hydrogen) atoms. The van der Waals surface area contributed by atoms with Crippen molar-refractivity contribution in [3.63, 3.8) is 0 Å². The normalized spacial score (nSPS) is 10.8. The van der Waals surface area contributed by atoms with Crippen LogP contribution in [0.2, 0.25) is 0 Å². The zero-order valence-corrected chi connectivity index (χ0v) is 14.7. The number of phenolic OH excluding ortho intramolecular Hbond substituents is 1. The van der Waals surface area contributed by atoms with Gasteiger partial charge in [0, 0.05) is 18.0 Å². The van der Waals surface area contributed by atoms with Crippen LogP contribution in [0.5, 0.6) is 5.75 Å². The monoisotopic (exact) mass is 361 g/mol. The van der Waals surface area contributed by atoms with Crippen molar-refractivity contribution in [3.8, 4) is 17.1 Å². The second-order valence-electron chi connectivity index (χ2n) is 5.04. The van der Waals surface area contributed by atoms with E-state index in [4.69, 9.17) is 0 Å². The number of hydrogen-bond donors (Lipinski definition) is 2. The highest BCUT2D eigenvalue weighted by Gasteiger charge is 2.13. The minimum atomic E-state index is -0.136. The van der Waals surface area contributed by atoms with E-state index in [1.807, 2.05) is 23.9 Å².